The highest BCUT2D eigenvalue weighted by molar-refractivity contribution is 5.75. The lowest BCUT2D eigenvalue weighted by Crippen LogP contribution is -2.42. The lowest BCUT2D eigenvalue weighted by atomic mass is 9.99. The summed E-state index contributed by atoms with van der Waals surface area (Å²) >= 11 is 0. The van der Waals surface area contributed by atoms with Gasteiger partial charge >= 0.3 is 0 Å². The Bertz CT molecular complexity index is 541. The van der Waals surface area contributed by atoms with E-state index in [4.69, 9.17) is 15.2 Å². The zero-order valence-electron chi connectivity index (χ0n) is 13.2. The smallest absolute Gasteiger partial charge is 0.219 e. The SMILES string of the molecule is COc1cc2c(cc1CNC(C)(C)CC(N)=O)OC(C)C2. The molecule has 0 saturated carbocycles. The maximum Gasteiger partial charge on any atom is 0.219 e. The Labute approximate surface area is 125 Å². The Morgan fingerprint density at radius 3 is 2.86 bits per heavy atom. The first-order chi connectivity index (χ1) is 9.80. The molecule has 1 unspecified atom stereocenters. The van der Waals surface area contributed by atoms with Crippen LogP contribution in [0.25, 0.3) is 0 Å². The molecule has 1 atom stereocenters. The first-order valence-electron chi connectivity index (χ1n) is 7.20. The second-order valence-electron chi connectivity index (χ2n) is 6.28. The highest BCUT2D eigenvalue weighted by Crippen LogP contribution is 2.35. The number of primary amides is 1. The summed E-state index contributed by atoms with van der Waals surface area (Å²) in [5, 5.41) is 3.35. The van der Waals surface area contributed by atoms with Crippen LogP contribution in [0.4, 0.5) is 0 Å². The molecule has 0 radical (unpaired) electrons. The van der Waals surface area contributed by atoms with Gasteiger partial charge in [-0.3, -0.25) is 4.79 Å². The summed E-state index contributed by atoms with van der Waals surface area (Å²) in [6.45, 7) is 6.56. The van der Waals surface area contributed by atoms with Gasteiger partial charge in [-0.05, 0) is 32.9 Å². The molecule has 0 aromatic heterocycles. The number of hydrogen-bond donors (Lipinski definition) is 2. The standard InChI is InChI=1S/C16H24N2O3/c1-10-5-11-6-13(20-4)12(7-14(11)21-10)9-18-16(2,3)8-15(17)19/h6-7,10,18H,5,8-9H2,1-4H3,(H2,17,19). The Balaban J connectivity index is 2.13. The van der Waals surface area contributed by atoms with Gasteiger partial charge in [-0.2, -0.15) is 0 Å². The zero-order chi connectivity index (χ0) is 15.6. The normalized spacial score (nSPS) is 17.2. The van der Waals surface area contributed by atoms with Crippen LogP contribution in [0.2, 0.25) is 0 Å². The topological polar surface area (TPSA) is 73.6 Å². The van der Waals surface area contributed by atoms with Gasteiger partial charge in [0.25, 0.3) is 0 Å². The van der Waals surface area contributed by atoms with Crippen molar-refractivity contribution in [2.45, 2.75) is 51.8 Å². The van der Waals surface area contributed by atoms with Gasteiger partial charge in [0.1, 0.15) is 17.6 Å². The Hall–Kier alpha value is -1.75. The van der Waals surface area contributed by atoms with Crippen LogP contribution >= 0.6 is 0 Å². The monoisotopic (exact) mass is 292 g/mol. The van der Waals surface area contributed by atoms with Gasteiger partial charge < -0.3 is 20.5 Å². The van der Waals surface area contributed by atoms with Crippen molar-refractivity contribution in [2.75, 3.05) is 7.11 Å². The number of carbonyl (C=O) groups is 1. The second-order valence-corrected chi connectivity index (χ2v) is 6.28. The number of hydrogen-bond acceptors (Lipinski definition) is 4. The van der Waals surface area contributed by atoms with E-state index >= 15 is 0 Å². The van der Waals surface area contributed by atoms with Gasteiger partial charge in [-0.1, -0.05) is 0 Å². The number of amides is 1. The summed E-state index contributed by atoms with van der Waals surface area (Å²) in [4.78, 5) is 11.1. The van der Waals surface area contributed by atoms with Crippen molar-refractivity contribution in [3.05, 3.63) is 23.3 Å². The van der Waals surface area contributed by atoms with Gasteiger partial charge in [0.15, 0.2) is 0 Å². The van der Waals surface area contributed by atoms with E-state index < -0.39 is 0 Å². The number of carbonyl (C=O) groups excluding carboxylic acids is 1. The molecule has 1 aromatic carbocycles. The highest BCUT2D eigenvalue weighted by atomic mass is 16.5. The minimum Gasteiger partial charge on any atom is -0.496 e. The third kappa shape index (κ3) is 3.88. The van der Waals surface area contributed by atoms with E-state index in [1.54, 1.807) is 7.11 Å². The van der Waals surface area contributed by atoms with Gasteiger partial charge in [0.05, 0.1) is 7.11 Å². The average molecular weight is 292 g/mol. The summed E-state index contributed by atoms with van der Waals surface area (Å²) in [6, 6.07) is 4.06. The molecule has 0 aliphatic carbocycles. The molecule has 1 heterocycles. The number of fused-ring (bicyclic) bond motifs is 1. The molecule has 1 aliphatic rings. The summed E-state index contributed by atoms with van der Waals surface area (Å²) in [5.41, 5.74) is 7.11. The van der Waals surface area contributed by atoms with Gasteiger partial charge in [-0.15, -0.1) is 0 Å². The second kappa shape index (κ2) is 5.93. The van der Waals surface area contributed by atoms with Crippen LogP contribution in [0.5, 0.6) is 11.5 Å². The summed E-state index contributed by atoms with van der Waals surface area (Å²) in [7, 11) is 1.67. The van der Waals surface area contributed by atoms with Crippen LogP contribution < -0.4 is 20.5 Å². The average Bonchev–Trinajstić information content (AvgIpc) is 2.72. The van der Waals surface area contributed by atoms with Crippen molar-refractivity contribution in [3.63, 3.8) is 0 Å². The maximum atomic E-state index is 11.1. The number of nitrogens with two attached hydrogens (primary N) is 1. The molecule has 0 bridgehead atoms. The Morgan fingerprint density at radius 1 is 1.52 bits per heavy atom. The molecular formula is C16H24N2O3. The van der Waals surface area contributed by atoms with E-state index in [0.29, 0.717) is 6.54 Å². The fourth-order valence-electron chi connectivity index (χ4n) is 2.64. The van der Waals surface area contributed by atoms with Crippen molar-refractivity contribution in [1.29, 1.82) is 0 Å². The third-order valence-corrected chi connectivity index (χ3v) is 3.67. The first kappa shape index (κ1) is 15.6. The van der Waals surface area contributed by atoms with Gasteiger partial charge in [0, 0.05) is 36.1 Å². The maximum absolute atomic E-state index is 11.1. The fourth-order valence-corrected chi connectivity index (χ4v) is 2.64. The van der Waals surface area contributed by atoms with Crippen molar-refractivity contribution in [1.82, 2.24) is 5.32 Å². The predicted molar refractivity (Wildman–Crippen MR) is 81.5 cm³/mol. The molecule has 5 nitrogen and oxygen atoms in total. The number of methoxy groups -OCH3 is 1. The molecule has 2 rings (SSSR count). The first-order valence-corrected chi connectivity index (χ1v) is 7.20. The molecule has 0 saturated heterocycles. The van der Waals surface area contributed by atoms with E-state index in [1.165, 1.54) is 5.56 Å². The van der Waals surface area contributed by atoms with E-state index in [9.17, 15) is 4.79 Å². The highest BCUT2D eigenvalue weighted by Gasteiger charge is 2.24. The molecular weight excluding hydrogens is 268 g/mol. The van der Waals surface area contributed by atoms with Crippen molar-refractivity contribution < 1.29 is 14.3 Å². The number of rotatable bonds is 6. The largest absolute Gasteiger partial charge is 0.496 e. The van der Waals surface area contributed by atoms with Crippen LogP contribution in [-0.2, 0) is 17.8 Å². The molecule has 3 N–H and O–H groups in total. The molecule has 1 aliphatic heterocycles. The molecule has 1 amide bonds. The molecule has 116 valence electrons. The number of ether oxygens (including phenoxy) is 2. The molecule has 0 fully saturated rings. The van der Waals surface area contributed by atoms with Gasteiger partial charge in [0.2, 0.25) is 5.91 Å². The van der Waals surface area contributed by atoms with E-state index in [1.807, 2.05) is 26.0 Å². The molecule has 0 spiro atoms. The van der Waals surface area contributed by atoms with Crippen molar-refractivity contribution in [2.24, 2.45) is 5.73 Å². The molecule has 21 heavy (non-hydrogen) atoms. The quantitative estimate of drug-likeness (QED) is 0.838. The minimum absolute atomic E-state index is 0.208. The van der Waals surface area contributed by atoms with E-state index in [2.05, 4.69) is 12.2 Å². The van der Waals surface area contributed by atoms with Crippen molar-refractivity contribution in [3.8, 4) is 11.5 Å². The Morgan fingerprint density at radius 2 is 2.24 bits per heavy atom. The third-order valence-electron chi connectivity index (χ3n) is 3.67. The zero-order valence-corrected chi connectivity index (χ0v) is 13.2. The lowest BCUT2D eigenvalue weighted by Gasteiger charge is -2.25. The molecule has 5 heteroatoms. The van der Waals surface area contributed by atoms with Crippen LogP contribution in [0.3, 0.4) is 0 Å². The van der Waals surface area contributed by atoms with Crippen LogP contribution in [-0.4, -0.2) is 24.7 Å². The van der Waals surface area contributed by atoms with Gasteiger partial charge in [-0.25, -0.2) is 0 Å². The fraction of sp³-hybridized carbons (Fsp3) is 0.562. The predicted octanol–water partition coefficient (Wildman–Crippen LogP) is 1.76. The van der Waals surface area contributed by atoms with Crippen LogP contribution in [0.15, 0.2) is 12.1 Å². The summed E-state index contributed by atoms with van der Waals surface area (Å²) in [5.74, 6) is 1.45. The molecule has 1 aromatic rings. The van der Waals surface area contributed by atoms with E-state index in [-0.39, 0.29) is 24.0 Å². The lowest BCUT2D eigenvalue weighted by molar-refractivity contribution is -0.119. The number of nitrogens with one attached hydrogen (secondary N) is 1. The Kier molecular flexibility index (Phi) is 4.42. The van der Waals surface area contributed by atoms with E-state index in [0.717, 1.165) is 23.5 Å². The van der Waals surface area contributed by atoms with Crippen molar-refractivity contribution >= 4 is 5.91 Å². The minimum atomic E-state index is -0.357. The number of benzene rings is 1. The van der Waals surface area contributed by atoms with Crippen LogP contribution in [0, 0.1) is 0 Å². The summed E-state index contributed by atoms with van der Waals surface area (Å²) in [6.07, 6.45) is 1.40. The summed E-state index contributed by atoms with van der Waals surface area (Å²) < 4.78 is 11.3. The van der Waals surface area contributed by atoms with Crippen LogP contribution in [0.1, 0.15) is 38.3 Å².